The molecule has 0 atom stereocenters. The van der Waals surface area contributed by atoms with E-state index >= 15 is 0 Å². The fourth-order valence-electron chi connectivity index (χ4n) is 2.56. The topological polar surface area (TPSA) is 58.4 Å². The molecule has 0 unspecified atom stereocenters. The van der Waals surface area contributed by atoms with Crippen LogP contribution in [-0.2, 0) is 13.0 Å². The number of aromatic nitrogens is 2. The number of aromatic carboxylic acids is 1. The van der Waals surface area contributed by atoms with Crippen LogP contribution in [0.4, 0.5) is 0 Å². The van der Waals surface area contributed by atoms with Gasteiger partial charge in [-0.05, 0) is 25.8 Å². The van der Waals surface area contributed by atoms with Crippen LogP contribution in [0.2, 0.25) is 0 Å². The van der Waals surface area contributed by atoms with E-state index in [9.17, 15) is 9.90 Å². The molecule has 0 radical (unpaired) electrons. The first-order valence-electron chi connectivity index (χ1n) is 6.26. The van der Waals surface area contributed by atoms with Crippen molar-refractivity contribution < 1.29 is 9.90 Å². The van der Waals surface area contributed by atoms with Crippen molar-refractivity contribution in [3.8, 4) is 0 Å². The van der Waals surface area contributed by atoms with Gasteiger partial charge in [-0.1, -0.05) is 6.92 Å². The third-order valence-corrected chi connectivity index (χ3v) is 3.71. The second-order valence-corrected chi connectivity index (χ2v) is 4.87. The standard InChI is InChI=1S/C12H17N3O2/c1-2-14-6-5-9-10(7-14)15(8-3-4-8)13-11(9)12(16)17/h8H,2-7H2,1H3,(H,16,17). The van der Waals surface area contributed by atoms with Gasteiger partial charge in [0.25, 0.3) is 0 Å². The second-order valence-electron chi connectivity index (χ2n) is 4.87. The van der Waals surface area contributed by atoms with Crippen molar-refractivity contribution in [2.45, 2.75) is 38.8 Å². The molecule has 1 fully saturated rings. The summed E-state index contributed by atoms with van der Waals surface area (Å²) in [6.45, 7) is 4.95. The summed E-state index contributed by atoms with van der Waals surface area (Å²) in [6.07, 6.45) is 3.09. The van der Waals surface area contributed by atoms with E-state index in [0.29, 0.717) is 6.04 Å². The fourth-order valence-corrected chi connectivity index (χ4v) is 2.56. The monoisotopic (exact) mass is 235 g/mol. The lowest BCUT2D eigenvalue weighted by Gasteiger charge is -2.26. The number of carbonyl (C=O) groups is 1. The third-order valence-electron chi connectivity index (χ3n) is 3.71. The summed E-state index contributed by atoms with van der Waals surface area (Å²) >= 11 is 0. The molecule has 0 aromatic carbocycles. The second kappa shape index (κ2) is 3.84. The van der Waals surface area contributed by atoms with E-state index in [-0.39, 0.29) is 5.69 Å². The van der Waals surface area contributed by atoms with Crippen molar-refractivity contribution in [1.29, 1.82) is 0 Å². The minimum absolute atomic E-state index is 0.280. The molecule has 0 amide bonds. The smallest absolute Gasteiger partial charge is 0.356 e. The lowest BCUT2D eigenvalue weighted by Crippen LogP contribution is -2.31. The quantitative estimate of drug-likeness (QED) is 0.857. The van der Waals surface area contributed by atoms with E-state index in [0.717, 1.165) is 50.2 Å². The Hall–Kier alpha value is -1.36. The van der Waals surface area contributed by atoms with Crippen LogP contribution in [-0.4, -0.2) is 38.8 Å². The van der Waals surface area contributed by atoms with Crippen LogP contribution in [0.5, 0.6) is 0 Å². The number of rotatable bonds is 3. The van der Waals surface area contributed by atoms with Crippen LogP contribution >= 0.6 is 0 Å². The van der Waals surface area contributed by atoms with Gasteiger partial charge in [-0.15, -0.1) is 0 Å². The molecule has 2 heterocycles. The summed E-state index contributed by atoms with van der Waals surface area (Å²) in [5.74, 6) is -0.884. The maximum atomic E-state index is 11.2. The molecule has 1 aromatic heterocycles. The van der Waals surface area contributed by atoms with Crippen molar-refractivity contribution in [1.82, 2.24) is 14.7 Å². The number of carboxylic acids is 1. The Morgan fingerprint density at radius 1 is 1.53 bits per heavy atom. The van der Waals surface area contributed by atoms with Crippen molar-refractivity contribution in [2.24, 2.45) is 0 Å². The highest BCUT2D eigenvalue weighted by Gasteiger charge is 2.33. The molecule has 1 N–H and O–H groups in total. The molecule has 92 valence electrons. The number of hydrogen-bond donors (Lipinski definition) is 1. The molecule has 0 bridgehead atoms. The molecule has 0 saturated heterocycles. The van der Waals surface area contributed by atoms with Gasteiger partial charge in [-0.2, -0.15) is 5.10 Å². The maximum Gasteiger partial charge on any atom is 0.356 e. The first-order chi connectivity index (χ1) is 8.20. The Morgan fingerprint density at radius 3 is 2.88 bits per heavy atom. The van der Waals surface area contributed by atoms with Crippen LogP contribution in [0.25, 0.3) is 0 Å². The lowest BCUT2D eigenvalue weighted by atomic mass is 10.0. The normalized spacial score (nSPS) is 20.3. The largest absolute Gasteiger partial charge is 0.476 e. The number of hydrogen-bond acceptors (Lipinski definition) is 3. The summed E-state index contributed by atoms with van der Waals surface area (Å²) in [7, 11) is 0. The van der Waals surface area contributed by atoms with Crippen LogP contribution in [0.15, 0.2) is 0 Å². The SMILES string of the molecule is CCN1CCc2c(C(=O)O)nn(C3CC3)c2C1. The zero-order valence-corrected chi connectivity index (χ0v) is 10.0. The summed E-state index contributed by atoms with van der Waals surface area (Å²) in [5.41, 5.74) is 2.38. The predicted octanol–water partition coefficient (Wildman–Crippen LogP) is 1.29. The molecule has 2 aliphatic rings. The average Bonchev–Trinajstić information content (AvgIpc) is 3.09. The van der Waals surface area contributed by atoms with Crippen molar-refractivity contribution in [3.63, 3.8) is 0 Å². The molecule has 0 spiro atoms. The fraction of sp³-hybridized carbons (Fsp3) is 0.667. The van der Waals surface area contributed by atoms with Gasteiger partial charge in [0.2, 0.25) is 0 Å². The summed E-state index contributed by atoms with van der Waals surface area (Å²) in [6, 6.07) is 0.452. The highest BCUT2D eigenvalue weighted by atomic mass is 16.4. The molecule has 17 heavy (non-hydrogen) atoms. The van der Waals surface area contributed by atoms with Gasteiger partial charge < -0.3 is 5.11 Å². The Bertz CT molecular complexity index is 463. The van der Waals surface area contributed by atoms with E-state index in [1.807, 2.05) is 4.68 Å². The highest BCUT2D eigenvalue weighted by Crippen LogP contribution is 2.38. The van der Waals surface area contributed by atoms with E-state index in [4.69, 9.17) is 0 Å². The van der Waals surface area contributed by atoms with Crippen molar-refractivity contribution in [2.75, 3.05) is 13.1 Å². The van der Waals surface area contributed by atoms with Crippen LogP contribution in [0.3, 0.4) is 0 Å². The molecule has 5 heteroatoms. The zero-order valence-electron chi connectivity index (χ0n) is 10.0. The van der Waals surface area contributed by atoms with Gasteiger partial charge in [0.1, 0.15) is 0 Å². The average molecular weight is 235 g/mol. The number of likely N-dealkylation sites (N-methyl/N-ethyl adjacent to an activating group) is 1. The number of fused-ring (bicyclic) bond motifs is 1. The lowest BCUT2D eigenvalue weighted by molar-refractivity contribution is 0.0688. The molecule has 3 rings (SSSR count). The number of carboxylic acid groups (broad SMARTS) is 1. The van der Waals surface area contributed by atoms with Gasteiger partial charge in [-0.25, -0.2) is 4.79 Å². The summed E-state index contributed by atoms with van der Waals surface area (Å²) < 4.78 is 1.97. The molecule has 1 aliphatic carbocycles. The van der Waals surface area contributed by atoms with Crippen LogP contribution < -0.4 is 0 Å². The van der Waals surface area contributed by atoms with E-state index in [1.165, 1.54) is 0 Å². The van der Waals surface area contributed by atoms with E-state index < -0.39 is 5.97 Å². The molecule has 1 aliphatic heterocycles. The molecule has 1 aromatic rings. The minimum Gasteiger partial charge on any atom is -0.476 e. The van der Waals surface area contributed by atoms with Crippen LogP contribution in [0.1, 0.15) is 47.6 Å². The number of nitrogens with zero attached hydrogens (tertiary/aromatic N) is 3. The molecular formula is C12H17N3O2. The van der Waals surface area contributed by atoms with Crippen molar-refractivity contribution in [3.05, 3.63) is 17.0 Å². The highest BCUT2D eigenvalue weighted by molar-refractivity contribution is 5.87. The van der Waals surface area contributed by atoms with Gasteiger partial charge in [-0.3, -0.25) is 9.58 Å². The molecule has 1 saturated carbocycles. The Morgan fingerprint density at radius 2 is 2.29 bits per heavy atom. The first kappa shape index (κ1) is 10.8. The van der Waals surface area contributed by atoms with Gasteiger partial charge in [0.15, 0.2) is 5.69 Å². The van der Waals surface area contributed by atoms with E-state index in [1.54, 1.807) is 0 Å². The third kappa shape index (κ3) is 1.74. The van der Waals surface area contributed by atoms with Gasteiger partial charge in [0.05, 0.1) is 11.7 Å². The predicted molar refractivity (Wildman–Crippen MR) is 62.1 cm³/mol. The molecular weight excluding hydrogens is 218 g/mol. The van der Waals surface area contributed by atoms with Crippen molar-refractivity contribution >= 4 is 5.97 Å². The summed E-state index contributed by atoms with van der Waals surface area (Å²) in [4.78, 5) is 13.5. The molecule has 5 nitrogen and oxygen atoms in total. The Kier molecular flexibility index (Phi) is 2.43. The Labute approximate surface area is 100 Å². The zero-order chi connectivity index (χ0) is 12.0. The maximum absolute atomic E-state index is 11.2. The minimum atomic E-state index is -0.884. The van der Waals surface area contributed by atoms with Crippen LogP contribution in [0, 0.1) is 0 Å². The summed E-state index contributed by atoms with van der Waals surface area (Å²) in [5, 5.41) is 13.5. The Balaban J connectivity index is 2.03. The van der Waals surface area contributed by atoms with Gasteiger partial charge in [0, 0.05) is 18.7 Å². The van der Waals surface area contributed by atoms with Gasteiger partial charge >= 0.3 is 5.97 Å². The first-order valence-corrected chi connectivity index (χ1v) is 6.26. The van der Waals surface area contributed by atoms with E-state index in [2.05, 4.69) is 16.9 Å².